The molecular weight excluding hydrogens is 320 g/mol. The maximum absolute atomic E-state index is 10.4. The SMILES string of the molecule is CCCCCCCC=CCCCCCCCCCCCCCCC(=O)O. The maximum Gasteiger partial charge on any atom is 0.303 e. The Balaban J connectivity index is 3.05. The van der Waals surface area contributed by atoms with Gasteiger partial charge in [-0.1, -0.05) is 109 Å². The number of hydrogen-bond donors (Lipinski definition) is 1. The van der Waals surface area contributed by atoms with E-state index in [9.17, 15) is 4.79 Å². The smallest absolute Gasteiger partial charge is 0.303 e. The lowest BCUT2D eigenvalue weighted by Gasteiger charge is -2.02. The van der Waals surface area contributed by atoms with Crippen LogP contribution in [0.25, 0.3) is 0 Å². The van der Waals surface area contributed by atoms with E-state index >= 15 is 0 Å². The first-order valence-corrected chi connectivity index (χ1v) is 11.6. The molecule has 1 N–H and O–H groups in total. The molecule has 26 heavy (non-hydrogen) atoms. The van der Waals surface area contributed by atoms with Gasteiger partial charge in [-0.15, -0.1) is 0 Å². The lowest BCUT2D eigenvalue weighted by Crippen LogP contribution is -1.93. The monoisotopic (exact) mass is 366 g/mol. The first-order chi connectivity index (χ1) is 12.8. The first kappa shape index (κ1) is 25.2. The summed E-state index contributed by atoms with van der Waals surface area (Å²) in [6.07, 6.45) is 30.1. The Hall–Kier alpha value is -0.790. The van der Waals surface area contributed by atoms with Crippen LogP contribution in [0.3, 0.4) is 0 Å². The number of aliphatic carboxylic acids is 1. The van der Waals surface area contributed by atoms with Gasteiger partial charge >= 0.3 is 5.97 Å². The summed E-state index contributed by atoms with van der Waals surface area (Å²) in [7, 11) is 0. The summed E-state index contributed by atoms with van der Waals surface area (Å²) in [6, 6.07) is 0. The van der Waals surface area contributed by atoms with Gasteiger partial charge in [-0.2, -0.15) is 0 Å². The molecule has 0 aromatic heterocycles. The number of carboxylic acid groups (broad SMARTS) is 1. The van der Waals surface area contributed by atoms with Crippen LogP contribution in [0.1, 0.15) is 135 Å². The van der Waals surface area contributed by atoms with E-state index in [-0.39, 0.29) is 0 Å². The third-order valence-electron chi connectivity index (χ3n) is 5.15. The van der Waals surface area contributed by atoms with Crippen LogP contribution in [0.5, 0.6) is 0 Å². The molecule has 0 fully saturated rings. The highest BCUT2D eigenvalue weighted by Crippen LogP contribution is 2.13. The molecule has 0 aliphatic heterocycles. The van der Waals surface area contributed by atoms with Gasteiger partial charge < -0.3 is 5.11 Å². The molecule has 0 bridgehead atoms. The highest BCUT2D eigenvalue weighted by molar-refractivity contribution is 5.66. The van der Waals surface area contributed by atoms with Crippen LogP contribution >= 0.6 is 0 Å². The summed E-state index contributed by atoms with van der Waals surface area (Å²) in [5.41, 5.74) is 0. The van der Waals surface area contributed by atoms with Crippen molar-refractivity contribution >= 4 is 5.97 Å². The number of carboxylic acids is 1. The lowest BCUT2D eigenvalue weighted by atomic mass is 10.0. The molecule has 2 heteroatoms. The van der Waals surface area contributed by atoms with Gasteiger partial charge in [0, 0.05) is 6.42 Å². The Morgan fingerprint density at radius 2 is 0.923 bits per heavy atom. The molecule has 0 saturated heterocycles. The number of unbranched alkanes of at least 4 members (excludes halogenated alkanes) is 17. The van der Waals surface area contributed by atoms with Gasteiger partial charge in [-0.3, -0.25) is 4.79 Å². The van der Waals surface area contributed by atoms with Crippen LogP contribution < -0.4 is 0 Å². The Kier molecular flexibility index (Phi) is 21.6. The zero-order chi connectivity index (χ0) is 19.1. The van der Waals surface area contributed by atoms with Crippen molar-refractivity contribution in [1.82, 2.24) is 0 Å². The third-order valence-corrected chi connectivity index (χ3v) is 5.15. The topological polar surface area (TPSA) is 37.3 Å². The van der Waals surface area contributed by atoms with E-state index in [1.807, 2.05) is 0 Å². The van der Waals surface area contributed by atoms with Crippen molar-refractivity contribution in [3.8, 4) is 0 Å². The summed E-state index contributed by atoms with van der Waals surface area (Å²) in [6.45, 7) is 2.27. The molecule has 0 aliphatic rings. The number of carbonyl (C=O) groups is 1. The van der Waals surface area contributed by atoms with E-state index < -0.39 is 5.97 Å². The molecule has 0 radical (unpaired) electrons. The van der Waals surface area contributed by atoms with Crippen LogP contribution in [0, 0.1) is 0 Å². The standard InChI is InChI=1S/C24H46O2/c1-2-3-4-5-6-7-8-9-10-11-12-13-14-15-16-17-18-19-20-21-22-23-24(25)26/h8-9H,2-7,10-23H2,1H3,(H,25,26). The van der Waals surface area contributed by atoms with Crippen LogP contribution in [-0.2, 0) is 4.79 Å². The summed E-state index contributed by atoms with van der Waals surface area (Å²) in [5.74, 6) is -0.654. The van der Waals surface area contributed by atoms with E-state index in [2.05, 4.69) is 19.1 Å². The average molecular weight is 367 g/mol. The molecule has 0 amide bonds. The predicted octanol–water partition coefficient (Wildman–Crippen LogP) is 8.45. The Labute approximate surface area is 163 Å². The fraction of sp³-hybridized carbons (Fsp3) is 0.875. The molecule has 2 nitrogen and oxygen atoms in total. The van der Waals surface area contributed by atoms with Crippen LogP contribution in [0.2, 0.25) is 0 Å². The minimum Gasteiger partial charge on any atom is -0.481 e. The van der Waals surface area contributed by atoms with E-state index in [1.165, 1.54) is 109 Å². The number of rotatable bonds is 21. The Bertz CT molecular complexity index is 309. The first-order valence-electron chi connectivity index (χ1n) is 11.6. The molecule has 0 rings (SSSR count). The van der Waals surface area contributed by atoms with Crippen LogP contribution in [0.4, 0.5) is 0 Å². The van der Waals surface area contributed by atoms with Crippen LogP contribution in [-0.4, -0.2) is 11.1 Å². The predicted molar refractivity (Wildman–Crippen MR) is 115 cm³/mol. The zero-order valence-electron chi connectivity index (χ0n) is 17.7. The molecule has 0 unspecified atom stereocenters. The summed E-state index contributed by atoms with van der Waals surface area (Å²) >= 11 is 0. The van der Waals surface area contributed by atoms with Crippen molar-refractivity contribution in [2.24, 2.45) is 0 Å². The van der Waals surface area contributed by atoms with E-state index in [1.54, 1.807) is 0 Å². The van der Waals surface area contributed by atoms with Crippen molar-refractivity contribution < 1.29 is 9.90 Å². The van der Waals surface area contributed by atoms with Gasteiger partial charge in [0.25, 0.3) is 0 Å². The van der Waals surface area contributed by atoms with Gasteiger partial charge in [0.15, 0.2) is 0 Å². The minimum atomic E-state index is -0.654. The van der Waals surface area contributed by atoms with Gasteiger partial charge in [0.1, 0.15) is 0 Å². The molecule has 0 aromatic rings. The van der Waals surface area contributed by atoms with Gasteiger partial charge in [0.05, 0.1) is 0 Å². The normalized spacial score (nSPS) is 11.4. The third kappa shape index (κ3) is 23.2. The Morgan fingerprint density at radius 3 is 1.31 bits per heavy atom. The average Bonchev–Trinajstić information content (AvgIpc) is 2.62. The molecule has 0 aliphatic carbocycles. The second kappa shape index (κ2) is 22.3. The second-order valence-electron chi connectivity index (χ2n) is 7.85. The fourth-order valence-corrected chi connectivity index (χ4v) is 3.41. The van der Waals surface area contributed by atoms with Crippen molar-refractivity contribution in [1.29, 1.82) is 0 Å². The quantitative estimate of drug-likeness (QED) is 0.163. The summed E-state index contributed by atoms with van der Waals surface area (Å²) in [5, 5.41) is 8.57. The van der Waals surface area contributed by atoms with Gasteiger partial charge in [-0.05, 0) is 32.1 Å². The number of allylic oxidation sites excluding steroid dienone is 2. The van der Waals surface area contributed by atoms with Crippen molar-refractivity contribution in [3.63, 3.8) is 0 Å². The highest BCUT2D eigenvalue weighted by atomic mass is 16.4. The summed E-state index contributed by atoms with van der Waals surface area (Å²) in [4.78, 5) is 10.4. The van der Waals surface area contributed by atoms with Crippen molar-refractivity contribution in [2.45, 2.75) is 135 Å². The van der Waals surface area contributed by atoms with Crippen LogP contribution in [0.15, 0.2) is 12.2 Å². The molecule has 0 aromatic carbocycles. The zero-order valence-corrected chi connectivity index (χ0v) is 17.7. The Morgan fingerprint density at radius 1 is 0.577 bits per heavy atom. The van der Waals surface area contributed by atoms with Gasteiger partial charge in [0.2, 0.25) is 0 Å². The second-order valence-corrected chi connectivity index (χ2v) is 7.85. The summed E-state index contributed by atoms with van der Waals surface area (Å²) < 4.78 is 0. The number of hydrogen-bond acceptors (Lipinski definition) is 1. The van der Waals surface area contributed by atoms with Crippen molar-refractivity contribution in [3.05, 3.63) is 12.2 Å². The largest absolute Gasteiger partial charge is 0.481 e. The molecular formula is C24H46O2. The molecule has 0 heterocycles. The minimum absolute atomic E-state index is 0.342. The van der Waals surface area contributed by atoms with E-state index in [4.69, 9.17) is 5.11 Å². The molecule has 0 atom stereocenters. The van der Waals surface area contributed by atoms with E-state index in [0.29, 0.717) is 6.42 Å². The van der Waals surface area contributed by atoms with Crippen molar-refractivity contribution in [2.75, 3.05) is 0 Å². The van der Waals surface area contributed by atoms with E-state index in [0.717, 1.165) is 12.8 Å². The molecule has 0 saturated carbocycles. The fourth-order valence-electron chi connectivity index (χ4n) is 3.41. The van der Waals surface area contributed by atoms with Gasteiger partial charge in [-0.25, -0.2) is 0 Å². The molecule has 154 valence electrons. The maximum atomic E-state index is 10.4. The molecule has 0 spiro atoms. The highest BCUT2D eigenvalue weighted by Gasteiger charge is 1.97. The lowest BCUT2D eigenvalue weighted by molar-refractivity contribution is -0.137.